The van der Waals surface area contributed by atoms with E-state index in [9.17, 15) is 9.90 Å². The molecule has 3 heteroatoms. The first kappa shape index (κ1) is 9.43. The molecule has 1 amide bonds. The number of unbranched alkanes of at least 4 members (excludes halogenated alkanes) is 1. The SMILES string of the molecule is CCCCC(C[O])C(N)=O. The van der Waals surface area contributed by atoms with Crippen LogP contribution in [0.15, 0.2) is 0 Å². The zero-order valence-corrected chi connectivity index (χ0v) is 6.30. The van der Waals surface area contributed by atoms with Crippen molar-refractivity contribution >= 4 is 5.91 Å². The molecule has 0 aliphatic rings. The van der Waals surface area contributed by atoms with Gasteiger partial charge < -0.3 is 5.73 Å². The topological polar surface area (TPSA) is 63.0 Å². The Morgan fingerprint density at radius 1 is 1.60 bits per heavy atom. The van der Waals surface area contributed by atoms with Gasteiger partial charge in [0.15, 0.2) is 0 Å². The normalized spacial score (nSPS) is 13.0. The first-order valence-electron chi connectivity index (χ1n) is 3.59. The van der Waals surface area contributed by atoms with E-state index >= 15 is 0 Å². The quantitative estimate of drug-likeness (QED) is 0.606. The van der Waals surface area contributed by atoms with E-state index < -0.39 is 11.8 Å². The van der Waals surface area contributed by atoms with Gasteiger partial charge in [-0.15, -0.1) is 0 Å². The highest BCUT2D eigenvalue weighted by molar-refractivity contribution is 5.76. The molecule has 0 aliphatic carbocycles. The van der Waals surface area contributed by atoms with Gasteiger partial charge in [-0.2, -0.15) is 0 Å². The molecular weight excluding hydrogens is 130 g/mol. The number of carbonyl (C=O) groups excluding carboxylic acids is 1. The molecule has 0 heterocycles. The summed E-state index contributed by atoms with van der Waals surface area (Å²) in [6.45, 7) is 1.65. The van der Waals surface area contributed by atoms with E-state index in [1.54, 1.807) is 0 Å². The van der Waals surface area contributed by atoms with Crippen LogP contribution in [0, 0.1) is 5.92 Å². The molecule has 2 N–H and O–H groups in total. The molecule has 0 bridgehead atoms. The lowest BCUT2D eigenvalue weighted by molar-refractivity contribution is -0.123. The van der Waals surface area contributed by atoms with Crippen molar-refractivity contribution in [3.05, 3.63) is 0 Å². The Morgan fingerprint density at radius 2 is 2.20 bits per heavy atom. The molecule has 10 heavy (non-hydrogen) atoms. The molecule has 3 nitrogen and oxygen atoms in total. The summed E-state index contributed by atoms with van der Waals surface area (Å²) < 4.78 is 0. The number of hydrogen-bond donors (Lipinski definition) is 1. The fraction of sp³-hybridized carbons (Fsp3) is 0.857. The van der Waals surface area contributed by atoms with Gasteiger partial charge >= 0.3 is 0 Å². The van der Waals surface area contributed by atoms with Gasteiger partial charge in [-0.25, -0.2) is 5.11 Å². The summed E-state index contributed by atoms with van der Waals surface area (Å²) in [4.78, 5) is 10.5. The Balaban J connectivity index is 3.50. The maximum Gasteiger partial charge on any atom is 0.222 e. The van der Waals surface area contributed by atoms with E-state index in [2.05, 4.69) is 0 Å². The lowest BCUT2D eigenvalue weighted by atomic mass is 10.0. The summed E-state index contributed by atoms with van der Waals surface area (Å²) in [5, 5.41) is 10.3. The highest BCUT2D eigenvalue weighted by atomic mass is 16.3. The summed E-state index contributed by atoms with van der Waals surface area (Å²) in [6.07, 6.45) is 2.56. The molecule has 0 aliphatic heterocycles. The summed E-state index contributed by atoms with van der Waals surface area (Å²) in [6, 6.07) is 0. The third kappa shape index (κ3) is 3.45. The Kier molecular flexibility index (Phi) is 4.94. The molecule has 1 atom stereocenters. The van der Waals surface area contributed by atoms with E-state index in [4.69, 9.17) is 5.73 Å². The van der Waals surface area contributed by atoms with Crippen molar-refractivity contribution in [2.75, 3.05) is 6.61 Å². The van der Waals surface area contributed by atoms with Crippen molar-refractivity contribution in [1.29, 1.82) is 0 Å². The van der Waals surface area contributed by atoms with Crippen LogP contribution in [-0.2, 0) is 9.90 Å². The van der Waals surface area contributed by atoms with E-state index in [-0.39, 0.29) is 6.61 Å². The van der Waals surface area contributed by atoms with Crippen LogP contribution in [0.3, 0.4) is 0 Å². The Hall–Kier alpha value is -0.570. The van der Waals surface area contributed by atoms with Crippen molar-refractivity contribution < 1.29 is 9.90 Å². The van der Waals surface area contributed by atoms with E-state index in [0.717, 1.165) is 12.8 Å². The van der Waals surface area contributed by atoms with Gasteiger partial charge in [0.25, 0.3) is 0 Å². The predicted octanol–water partition coefficient (Wildman–Crippen LogP) is 0.709. The van der Waals surface area contributed by atoms with Crippen LogP contribution in [0.25, 0.3) is 0 Å². The number of amides is 1. The summed E-state index contributed by atoms with van der Waals surface area (Å²) >= 11 is 0. The van der Waals surface area contributed by atoms with Crippen molar-refractivity contribution in [3.63, 3.8) is 0 Å². The first-order valence-corrected chi connectivity index (χ1v) is 3.59. The van der Waals surface area contributed by atoms with Crippen LogP contribution >= 0.6 is 0 Å². The Labute approximate surface area is 61.2 Å². The number of carbonyl (C=O) groups is 1. The van der Waals surface area contributed by atoms with Crippen LogP contribution in [0.5, 0.6) is 0 Å². The average molecular weight is 144 g/mol. The van der Waals surface area contributed by atoms with Gasteiger partial charge in [-0.3, -0.25) is 4.79 Å². The van der Waals surface area contributed by atoms with E-state index in [1.165, 1.54) is 0 Å². The number of primary amides is 1. The monoisotopic (exact) mass is 144 g/mol. The third-order valence-electron chi connectivity index (χ3n) is 1.51. The lowest BCUT2D eigenvalue weighted by Crippen LogP contribution is -2.25. The predicted molar refractivity (Wildman–Crippen MR) is 37.8 cm³/mol. The fourth-order valence-corrected chi connectivity index (χ4v) is 0.758. The Morgan fingerprint density at radius 3 is 2.50 bits per heavy atom. The zero-order valence-electron chi connectivity index (χ0n) is 6.30. The van der Waals surface area contributed by atoms with Crippen LogP contribution in [-0.4, -0.2) is 12.5 Å². The van der Waals surface area contributed by atoms with Crippen LogP contribution < -0.4 is 5.73 Å². The van der Waals surface area contributed by atoms with Crippen LogP contribution in [0.2, 0.25) is 0 Å². The summed E-state index contributed by atoms with van der Waals surface area (Å²) in [5.74, 6) is -0.900. The molecule has 0 aromatic heterocycles. The minimum Gasteiger partial charge on any atom is -0.369 e. The van der Waals surface area contributed by atoms with Gasteiger partial charge in [-0.1, -0.05) is 19.8 Å². The van der Waals surface area contributed by atoms with Crippen LogP contribution in [0.1, 0.15) is 26.2 Å². The lowest BCUT2D eigenvalue weighted by Gasteiger charge is -2.06. The second-order valence-corrected chi connectivity index (χ2v) is 2.41. The second kappa shape index (κ2) is 5.23. The van der Waals surface area contributed by atoms with Gasteiger partial charge in [0.1, 0.15) is 0 Å². The smallest absolute Gasteiger partial charge is 0.222 e. The molecule has 0 spiro atoms. The largest absolute Gasteiger partial charge is 0.369 e. The highest BCUT2D eigenvalue weighted by Crippen LogP contribution is 2.06. The number of nitrogens with two attached hydrogens (primary N) is 1. The van der Waals surface area contributed by atoms with Gasteiger partial charge in [0.05, 0.1) is 12.5 Å². The van der Waals surface area contributed by atoms with Crippen LogP contribution in [0.4, 0.5) is 0 Å². The fourth-order valence-electron chi connectivity index (χ4n) is 0.758. The molecule has 1 radical (unpaired) electrons. The molecule has 0 saturated carbocycles. The molecule has 0 fully saturated rings. The molecule has 59 valence electrons. The number of rotatable bonds is 5. The first-order chi connectivity index (χ1) is 4.72. The molecular formula is C7H14NO2. The number of hydrogen-bond acceptors (Lipinski definition) is 1. The molecule has 0 aromatic carbocycles. The average Bonchev–Trinajstić information content (AvgIpc) is 1.89. The third-order valence-corrected chi connectivity index (χ3v) is 1.51. The minimum absolute atomic E-state index is 0.366. The standard InChI is InChI=1S/C7H14NO2/c1-2-3-4-6(5-9)7(8)10/h6H,2-5H2,1H3,(H2,8,10). The van der Waals surface area contributed by atoms with Gasteiger partial charge in [-0.05, 0) is 6.42 Å². The van der Waals surface area contributed by atoms with Crippen molar-refractivity contribution in [2.45, 2.75) is 26.2 Å². The Bertz CT molecular complexity index is 104. The van der Waals surface area contributed by atoms with E-state index in [1.807, 2.05) is 6.92 Å². The van der Waals surface area contributed by atoms with Gasteiger partial charge in [0.2, 0.25) is 5.91 Å². The van der Waals surface area contributed by atoms with E-state index in [0.29, 0.717) is 6.42 Å². The highest BCUT2D eigenvalue weighted by Gasteiger charge is 2.12. The zero-order chi connectivity index (χ0) is 7.98. The minimum atomic E-state index is -0.455. The molecule has 0 rings (SSSR count). The van der Waals surface area contributed by atoms with Crippen molar-refractivity contribution in [1.82, 2.24) is 0 Å². The molecule has 0 aromatic rings. The maximum atomic E-state index is 10.5. The maximum absolute atomic E-state index is 10.5. The second-order valence-electron chi connectivity index (χ2n) is 2.41. The molecule has 1 unspecified atom stereocenters. The van der Waals surface area contributed by atoms with Crippen molar-refractivity contribution in [2.24, 2.45) is 11.7 Å². The molecule has 0 saturated heterocycles. The van der Waals surface area contributed by atoms with Crippen molar-refractivity contribution in [3.8, 4) is 0 Å². The van der Waals surface area contributed by atoms with Gasteiger partial charge in [0, 0.05) is 0 Å². The summed E-state index contributed by atoms with van der Waals surface area (Å²) in [5.41, 5.74) is 4.95. The summed E-state index contributed by atoms with van der Waals surface area (Å²) in [7, 11) is 0.